The summed E-state index contributed by atoms with van der Waals surface area (Å²) >= 11 is 0. The van der Waals surface area contributed by atoms with Gasteiger partial charge in [0.05, 0.1) is 11.2 Å². The van der Waals surface area contributed by atoms with Crippen LogP contribution in [0, 0.1) is 0 Å². The van der Waals surface area contributed by atoms with Crippen LogP contribution in [0.2, 0.25) is 0 Å². The molecule has 1 saturated carbocycles. The minimum absolute atomic E-state index is 0.0929. The second-order valence-electron chi connectivity index (χ2n) is 9.75. The first-order valence-corrected chi connectivity index (χ1v) is 12.9. The van der Waals surface area contributed by atoms with Gasteiger partial charge in [-0.3, -0.25) is 0 Å². The smallest absolute Gasteiger partial charge is 0.236 e. The monoisotopic (exact) mass is 470 g/mol. The topological polar surface area (TPSA) is 34.0 Å². The van der Waals surface area contributed by atoms with Crippen LogP contribution < -0.4 is 0 Å². The fraction of sp³-hybridized carbons (Fsp3) is 0.212. The third kappa shape index (κ3) is 4.49. The van der Waals surface area contributed by atoms with E-state index in [1.807, 2.05) is 18.2 Å². The molecule has 1 fully saturated rings. The molecular weight excluding hydrogens is 440 g/mol. The van der Waals surface area contributed by atoms with Crippen LogP contribution in [0.1, 0.15) is 37.7 Å². The lowest BCUT2D eigenvalue weighted by atomic mass is 9.83. The van der Waals surface area contributed by atoms with Crippen molar-refractivity contribution in [1.29, 1.82) is 0 Å². The zero-order valence-corrected chi connectivity index (χ0v) is 20.4. The van der Waals surface area contributed by atoms with Crippen molar-refractivity contribution in [3.8, 4) is 22.3 Å². The van der Waals surface area contributed by atoms with Gasteiger partial charge < -0.3 is 4.74 Å². The summed E-state index contributed by atoms with van der Waals surface area (Å²) in [5, 5.41) is 0. The Labute approximate surface area is 213 Å². The van der Waals surface area contributed by atoms with Crippen LogP contribution in [0.25, 0.3) is 22.3 Å². The van der Waals surface area contributed by atoms with Crippen molar-refractivity contribution in [3.63, 3.8) is 0 Å². The van der Waals surface area contributed by atoms with Crippen LogP contribution in [0.15, 0.2) is 119 Å². The summed E-state index contributed by atoms with van der Waals surface area (Å²) < 4.78 is 6.35. The molecule has 0 saturated heterocycles. The zero-order valence-electron chi connectivity index (χ0n) is 20.4. The number of rotatable bonds is 5. The number of benzene rings is 4. The van der Waals surface area contributed by atoms with Crippen LogP contribution in [0.5, 0.6) is 0 Å². The van der Waals surface area contributed by atoms with Crippen molar-refractivity contribution >= 4 is 17.3 Å². The molecule has 0 radical (unpaired) electrons. The highest BCUT2D eigenvalue weighted by Crippen LogP contribution is 2.41. The molecule has 178 valence electrons. The number of hydrogen-bond donors (Lipinski definition) is 0. The maximum Gasteiger partial charge on any atom is 0.236 e. The molecule has 1 heterocycles. The summed E-state index contributed by atoms with van der Waals surface area (Å²) in [7, 11) is 0. The molecule has 4 aromatic carbocycles. The van der Waals surface area contributed by atoms with Gasteiger partial charge in [0.15, 0.2) is 0 Å². The average Bonchev–Trinajstić information content (AvgIpc) is 3.36. The molecular formula is C33H30N2O. The molecule has 0 N–H and O–H groups in total. The second kappa shape index (κ2) is 9.94. The first-order chi connectivity index (χ1) is 17.8. The highest BCUT2D eigenvalue weighted by atomic mass is 16.5. The highest BCUT2D eigenvalue weighted by Gasteiger charge is 2.39. The third-order valence-corrected chi connectivity index (χ3v) is 7.28. The van der Waals surface area contributed by atoms with E-state index in [2.05, 4.69) is 91.0 Å². The Bertz CT molecular complexity index is 1330. The van der Waals surface area contributed by atoms with E-state index in [1.165, 1.54) is 19.3 Å². The summed E-state index contributed by atoms with van der Waals surface area (Å²) in [6.07, 6.45) is 5.90. The van der Waals surface area contributed by atoms with Gasteiger partial charge in [0.25, 0.3) is 0 Å². The Kier molecular flexibility index (Phi) is 6.21. The maximum atomic E-state index is 6.35. The summed E-state index contributed by atoms with van der Waals surface area (Å²) in [5.41, 5.74) is 7.13. The number of para-hydroxylation sites is 1. The lowest BCUT2D eigenvalue weighted by Gasteiger charge is -2.27. The SMILES string of the molecule is c1ccc(C(=Nc2c(-c3ccccc3)cccc2-c2ccccc2)C2=NC3(CCCCC3)CO2)cc1. The molecule has 3 nitrogen and oxygen atoms in total. The van der Waals surface area contributed by atoms with Gasteiger partial charge in [0, 0.05) is 16.7 Å². The van der Waals surface area contributed by atoms with E-state index >= 15 is 0 Å². The molecule has 36 heavy (non-hydrogen) atoms. The van der Waals surface area contributed by atoms with Crippen molar-refractivity contribution in [2.24, 2.45) is 9.98 Å². The largest absolute Gasteiger partial charge is 0.474 e. The van der Waals surface area contributed by atoms with Crippen LogP contribution in [0.3, 0.4) is 0 Å². The van der Waals surface area contributed by atoms with E-state index in [4.69, 9.17) is 14.7 Å². The Morgan fingerprint density at radius 1 is 0.639 bits per heavy atom. The van der Waals surface area contributed by atoms with Gasteiger partial charge in [-0.25, -0.2) is 9.98 Å². The minimum Gasteiger partial charge on any atom is -0.474 e. The Morgan fingerprint density at radius 2 is 1.19 bits per heavy atom. The first kappa shape index (κ1) is 22.5. The summed E-state index contributed by atoms with van der Waals surface area (Å²) in [6.45, 7) is 0.653. The van der Waals surface area contributed by atoms with Gasteiger partial charge in [0.2, 0.25) is 5.90 Å². The number of aliphatic imine (C=N–C) groups is 2. The first-order valence-electron chi connectivity index (χ1n) is 12.9. The molecule has 0 amide bonds. The van der Waals surface area contributed by atoms with Crippen LogP contribution in [0.4, 0.5) is 5.69 Å². The fourth-order valence-electron chi connectivity index (χ4n) is 5.38. The van der Waals surface area contributed by atoms with Gasteiger partial charge in [0.1, 0.15) is 12.3 Å². The molecule has 3 heteroatoms. The van der Waals surface area contributed by atoms with E-state index < -0.39 is 0 Å². The van der Waals surface area contributed by atoms with Gasteiger partial charge in [-0.15, -0.1) is 0 Å². The van der Waals surface area contributed by atoms with Gasteiger partial charge in [-0.1, -0.05) is 128 Å². The number of hydrogen-bond acceptors (Lipinski definition) is 3. The molecule has 2 aliphatic rings. The van der Waals surface area contributed by atoms with E-state index in [9.17, 15) is 0 Å². The molecule has 0 unspecified atom stereocenters. The third-order valence-electron chi connectivity index (χ3n) is 7.28. The van der Waals surface area contributed by atoms with Crippen LogP contribution in [-0.2, 0) is 4.74 Å². The van der Waals surface area contributed by atoms with Crippen molar-refractivity contribution in [2.75, 3.05) is 6.61 Å². The summed E-state index contributed by atoms with van der Waals surface area (Å²) in [4.78, 5) is 10.6. The number of nitrogens with zero attached hydrogens (tertiary/aromatic N) is 2. The fourth-order valence-corrected chi connectivity index (χ4v) is 5.38. The summed E-state index contributed by atoms with van der Waals surface area (Å²) in [6, 6.07) is 37.8. The predicted octanol–water partition coefficient (Wildman–Crippen LogP) is 8.27. The van der Waals surface area contributed by atoms with E-state index in [0.29, 0.717) is 12.5 Å². The molecule has 0 atom stereocenters. The predicted molar refractivity (Wildman–Crippen MR) is 149 cm³/mol. The van der Waals surface area contributed by atoms with E-state index in [-0.39, 0.29) is 5.54 Å². The highest BCUT2D eigenvalue weighted by molar-refractivity contribution is 6.46. The Balaban J connectivity index is 1.57. The second-order valence-corrected chi connectivity index (χ2v) is 9.75. The quantitative estimate of drug-likeness (QED) is 0.270. The van der Waals surface area contributed by atoms with Gasteiger partial charge in [-0.2, -0.15) is 0 Å². The molecule has 1 aliphatic carbocycles. The standard InChI is InChI=1S/C33H30N2O/c1-5-14-25(15-6-1)28-20-13-21-29(26-16-7-2-8-17-26)31(28)34-30(27-18-9-3-10-19-27)32-35-33(24-36-32)22-11-4-12-23-33/h1-3,5-10,13-21H,4,11-12,22-24H2. The maximum absolute atomic E-state index is 6.35. The van der Waals surface area contributed by atoms with Gasteiger partial charge in [-0.05, 0) is 24.0 Å². The molecule has 4 aromatic rings. The molecule has 0 aromatic heterocycles. The minimum atomic E-state index is -0.0929. The molecule has 1 spiro atoms. The summed E-state index contributed by atoms with van der Waals surface area (Å²) in [5.74, 6) is 0.671. The Morgan fingerprint density at radius 3 is 1.78 bits per heavy atom. The van der Waals surface area contributed by atoms with Crippen molar-refractivity contribution in [2.45, 2.75) is 37.6 Å². The van der Waals surface area contributed by atoms with E-state index in [1.54, 1.807) is 0 Å². The molecule has 6 rings (SSSR count). The lowest BCUT2D eigenvalue weighted by molar-refractivity contribution is 0.208. The number of ether oxygens (including phenoxy) is 1. The van der Waals surface area contributed by atoms with Crippen LogP contribution >= 0.6 is 0 Å². The Hall–Kier alpha value is -3.98. The van der Waals surface area contributed by atoms with Crippen molar-refractivity contribution in [3.05, 3.63) is 115 Å². The zero-order chi connectivity index (χ0) is 24.2. The lowest BCUT2D eigenvalue weighted by Crippen LogP contribution is -2.30. The van der Waals surface area contributed by atoms with Crippen LogP contribution in [-0.4, -0.2) is 23.8 Å². The van der Waals surface area contributed by atoms with E-state index in [0.717, 1.165) is 52.1 Å². The van der Waals surface area contributed by atoms with Crippen molar-refractivity contribution in [1.82, 2.24) is 0 Å². The normalized spacial score (nSPS) is 17.0. The van der Waals surface area contributed by atoms with Crippen molar-refractivity contribution < 1.29 is 4.74 Å². The van der Waals surface area contributed by atoms with Gasteiger partial charge >= 0.3 is 0 Å². The molecule has 1 aliphatic heterocycles. The average molecular weight is 471 g/mol. The molecule has 0 bridgehead atoms.